The second-order valence-corrected chi connectivity index (χ2v) is 9.83. The molecule has 1 fully saturated rings. The highest BCUT2D eigenvalue weighted by atomic mass is 16.7. The Balaban J connectivity index is 1.26. The highest BCUT2D eigenvalue weighted by Crippen LogP contribution is 2.42. The molecule has 2 heterocycles. The third-order valence-corrected chi connectivity index (χ3v) is 6.85. The maximum absolute atomic E-state index is 12.8. The topological polar surface area (TPSA) is 192 Å². The minimum absolute atomic E-state index is 0.0103. The Bertz CT molecular complexity index is 1470. The first-order valence-corrected chi connectivity index (χ1v) is 12.9. The van der Waals surface area contributed by atoms with E-state index in [0.29, 0.717) is 11.1 Å². The number of benzene rings is 3. The van der Waals surface area contributed by atoms with E-state index in [0.717, 1.165) is 12.1 Å². The zero-order valence-electron chi connectivity index (χ0n) is 21.9. The fraction of sp³-hybridized carbons (Fsp3) is 0.267. The van der Waals surface area contributed by atoms with Gasteiger partial charge in [-0.1, -0.05) is 24.3 Å². The van der Waals surface area contributed by atoms with Crippen LogP contribution in [0.25, 0.3) is 6.08 Å². The Labute approximate surface area is 239 Å². The van der Waals surface area contributed by atoms with E-state index < -0.39 is 55.1 Å². The number of fused-ring (bicyclic) bond motifs is 1. The summed E-state index contributed by atoms with van der Waals surface area (Å²) in [6.07, 6.45) is -6.12. The largest absolute Gasteiger partial charge is 0.508 e. The molecule has 0 radical (unpaired) electrons. The summed E-state index contributed by atoms with van der Waals surface area (Å²) in [5, 5.41) is 60.7. The number of carbonyl (C=O) groups is 2. The van der Waals surface area contributed by atoms with Crippen molar-refractivity contribution in [2.45, 2.75) is 43.2 Å². The van der Waals surface area contributed by atoms with E-state index in [1.807, 2.05) is 0 Å². The second-order valence-electron chi connectivity index (χ2n) is 9.83. The van der Waals surface area contributed by atoms with Gasteiger partial charge >= 0.3 is 5.97 Å². The number of hydrogen-bond acceptors (Lipinski definition) is 12. The van der Waals surface area contributed by atoms with E-state index in [9.17, 15) is 40.2 Å². The second kappa shape index (κ2) is 12.1. The highest BCUT2D eigenvalue weighted by Gasteiger charge is 2.45. The van der Waals surface area contributed by atoms with Gasteiger partial charge in [-0.15, -0.1) is 0 Å². The van der Waals surface area contributed by atoms with E-state index in [1.165, 1.54) is 36.4 Å². The van der Waals surface area contributed by atoms with Gasteiger partial charge in [-0.25, -0.2) is 4.79 Å². The average molecular weight is 581 g/mol. The van der Waals surface area contributed by atoms with E-state index in [4.69, 9.17) is 18.9 Å². The van der Waals surface area contributed by atoms with Crippen molar-refractivity contribution in [3.05, 3.63) is 83.4 Å². The maximum Gasteiger partial charge on any atom is 0.330 e. The number of carbonyl (C=O) groups excluding carboxylic acids is 2. The number of aromatic hydroxyl groups is 3. The molecule has 6 N–H and O–H groups in total. The number of aliphatic hydroxyl groups is 3. The monoisotopic (exact) mass is 580 g/mol. The Morgan fingerprint density at radius 3 is 2.26 bits per heavy atom. The molecule has 0 aliphatic carbocycles. The van der Waals surface area contributed by atoms with Gasteiger partial charge in [0.2, 0.25) is 6.29 Å². The standard InChI is InChI=1S/C30H28O12/c31-17-6-1-15(2-7-17)3-10-25(35)39-14-24-27(36)28(37)29(38)30(42-24)40-19-11-20(33)26-21(34)13-22(41-23(26)12-19)16-4-8-18(32)9-5-16/h1-12,22,24,27-33,36-38H,13-14H2/b10-3+/t22-,24+,27+,28+,29+,30-/m1/s1. The van der Waals surface area contributed by atoms with Gasteiger partial charge in [-0.05, 0) is 41.5 Å². The number of esters is 1. The summed E-state index contributed by atoms with van der Waals surface area (Å²) in [6, 6.07) is 14.6. The first kappa shape index (κ1) is 28.9. The zero-order chi connectivity index (χ0) is 30.0. The van der Waals surface area contributed by atoms with Crippen LogP contribution in [-0.4, -0.2) is 79.7 Å². The van der Waals surface area contributed by atoms with Crippen LogP contribution in [-0.2, 0) is 14.3 Å². The van der Waals surface area contributed by atoms with Gasteiger partial charge in [0, 0.05) is 18.2 Å². The molecule has 3 aromatic carbocycles. The molecule has 2 aliphatic heterocycles. The average Bonchev–Trinajstić information content (AvgIpc) is 2.96. The maximum atomic E-state index is 12.8. The molecular formula is C30H28O12. The molecular weight excluding hydrogens is 552 g/mol. The van der Waals surface area contributed by atoms with Crippen LogP contribution in [0.3, 0.4) is 0 Å². The lowest BCUT2D eigenvalue weighted by molar-refractivity contribution is -0.278. The predicted molar refractivity (Wildman–Crippen MR) is 144 cm³/mol. The third kappa shape index (κ3) is 6.31. The molecule has 0 aromatic heterocycles. The van der Waals surface area contributed by atoms with Crippen molar-refractivity contribution in [3.8, 4) is 28.7 Å². The number of ketones is 1. The number of rotatable bonds is 7. The lowest BCUT2D eigenvalue weighted by atomic mass is 9.95. The van der Waals surface area contributed by atoms with Crippen LogP contribution in [0.15, 0.2) is 66.7 Å². The van der Waals surface area contributed by atoms with E-state index in [2.05, 4.69) is 0 Å². The van der Waals surface area contributed by atoms with Crippen molar-refractivity contribution in [2.75, 3.05) is 6.61 Å². The molecule has 12 heteroatoms. The summed E-state index contributed by atoms with van der Waals surface area (Å²) in [6.45, 7) is -0.495. The molecule has 2 aliphatic rings. The minimum atomic E-state index is -1.73. The SMILES string of the molecule is O=C(/C=C/c1ccc(O)cc1)OC[C@@H]1O[C@@H](Oc2cc(O)c3c(c2)O[C@@H](c2ccc(O)cc2)CC3=O)[C@@H](O)[C@@H](O)[C@H]1O. The predicted octanol–water partition coefficient (Wildman–Crippen LogP) is 1.95. The molecule has 0 spiro atoms. The summed E-state index contributed by atoms with van der Waals surface area (Å²) in [5.74, 6) is -1.55. The van der Waals surface area contributed by atoms with Crippen LogP contribution in [0, 0.1) is 0 Å². The zero-order valence-corrected chi connectivity index (χ0v) is 21.9. The summed E-state index contributed by atoms with van der Waals surface area (Å²) < 4.78 is 22.3. The number of phenolic OH excluding ortho intramolecular Hbond substituents is 3. The Morgan fingerprint density at radius 1 is 0.905 bits per heavy atom. The normalized spacial score (nSPS) is 25.5. The van der Waals surface area contributed by atoms with Crippen LogP contribution in [0.1, 0.15) is 34.0 Å². The van der Waals surface area contributed by atoms with Crippen LogP contribution in [0.4, 0.5) is 0 Å². The number of aliphatic hydroxyl groups excluding tert-OH is 3. The van der Waals surface area contributed by atoms with Crippen molar-refractivity contribution < 1.29 is 59.2 Å². The number of ether oxygens (including phenoxy) is 4. The summed E-state index contributed by atoms with van der Waals surface area (Å²) in [4.78, 5) is 25.0. The van der Waals surface area contributed by atoms with Gasteiger partial charge in [0.1, 0.15) is 71.4 Å². The van der Waals surface area contributed by atoms with Crippen LogP contribution >= 0.6 is 0 Å². The lowest BCUT2D eigenvalue weighted by Crippen LogP contribution is -2.60. The molecule has 12 nitrogen and oxygen atoms in total. The van der Waals surface area contributed by atoms with E-state index in [-0.39, 0.29) is 40.8 Å². The first-order valence-electron chi connectivity index (χ1n) is 12.9. The Kier molecular flexibility index (Phi) is 8.31. The highest BCUT2D eigenvalue weighted by molar-refractivity contribution is 6.02. The number of phenols is 3. The lowest BCUT2D eigenvalue weighted by Gasteiger charge is -2.40. The molecule has 0 saturated carbocycles. The van der Waals surface area contributed by atoms with Crippen molar-refractivity contribution in [1.82, 2.24) is 0 Å². The van der Waals surface area contributed by atoms with Gasteiger partial charge < -0.3 is 49.6 Å². The number of hydrogen-bond donors (Lipinski definition) is 6. The van der Waals surface area contributed by atoms with E-state index >= 15 is 0 Å². The molecule has 42 heavy (non-hydrogen) atoms. The molecule has 0 unspecified atom stereocenters. The Hall–Kier alpha value is -4.62. The fourth-order valence-electron chi connectivity index (χ4n) is 4.61. The molecule has 3 aromatic rings. The van der Waals surface area contributed by atoms with Crippen molar-refractivity contribution in [1.29, 1.82) is 0 Å². The first-order chi connectivity index (χ1) is 20.1. The minimum Gasteiger partial charge on any atom is -0.508 e. The van der Waals surface area contributed by atoms with Gasteiger partial charge in [0.15, 0.2) is 5.78 Å². The molecule has 220 valence electrons. The number of Topliss-reactive ketones (excluding diaryl/α,β-unsaturated/α-hetero) is 1. The summed E-state index contributed by atoms with van der Waals surface area (Å²) in [7, 11) is 0. The van der Waals surface area contributed by atoms with Gasteiger partial charge in [0.25, 0.3) is 0 Å². The summed E-state index contributed by atoms with van der Waals surface area (Å²) >= 11 is 0. The molecule has 0 bridgehead atoms. The smallest absolute Gasteiger partial charge is 0.330 e. The quantitative estimate of drug-likeness (QED) is 0.176. The van der Waals surface area contributed by atoms with E-state index in [1.54, 1.807) is 24.3 Å². The van der Waals surface area contributed by atoms with Crippen molar-refractivity contribution in [2.24, 2.45) is 0 Å². The third-order valence-electron chi connectivity index (χ3n) is 6.85. The van der Waals surface area contributed by atoms with Gasteiger partial charge in [-0.3, -0.25) is 4.79 Å². The van der Waals surface area contributed by atoms with Crippen LogP contribution in [0.5, 0.6) is 28.7 Å². The molecule has 0 amide bonds. The van der Waals surface area contributed by atoms with Crippen molar-refractivity contribution in [3.63, 3.8) is 0 Å². The van der Waals surface area contributed by atoms with Gasteiger partial charge in [0.05, 0.1) is 6.42 Å². The molecule has 6 atom stereocenters. The Morgan fingerprint density at radius 2 is 1.57 bits per heavy atom. The molecule has 1 saturated heterocycles. The van der Waals surface area contributed by atoms with Gasteiger partial charge in [-0.2, -0.15) is 0 Å². The fourth-order valence-corrected chi connectivity index (χ4v) is 4.61. The van der Waals surface area contributed by atoms with Crippen LogP contribution < -0.4 is 9.47 Å². The molecule has 5 rings (SSSR count). The van der Waals surface area contributed by atoms with Crippen molar-refractivity contribution >= 4 is 17.8 Å². The van der Waals surface area contributed by atoms with Crippen LogP contribution in [0.2, 0.25) is 0 Å². The summed E-state index contributed by atoms with van der Waals surface area (Å²) in [5.41, 5.74) is 1.19.